The molecule has 0 bridgehead atoms. The highest BCUT2D eigenvalue weighted by atomic mass is 32.2. The Kier molecular flexibility index (Phi) is 5.72. The Morgan fingerprint density at radius 3 is 2.37 bits per heavy atom. The number of nitrogens with zero attached hydrogens (tertiary/aromatic N) is 1. The highest BCUT2D eigenvalue weighted by Crippen LogP contribution is 2.30. The average Bonchev–Trinajstić information content (AvgIpc) is 2.65. The van der Waals surface area contributed by atoms with E-state index in [-0.39, 0.29) is 11.7 Å². The molecule has 0 unspecified atom stereocenters. The van der Waals surface area contributed by atoms with Crippen molar-refractivity contribution < 1.29 is 9.59 Å². The van der Waals surface area contributed by atoms with Gasteiger partial charge in [0, 0.05) is 22.3 Å². The number of amides is 1. The topological polar surface area (TPSA) is 59.1 Å². The largest absolute Gasteiger partial charge is 0.322 e. The van der Waals surface area contributed by atoms with Gasteiger partial charge in [0.25, 0.3) is 5.91 Å². The van der Waals surface area contributed by atoms with E-state index in [2.05, 4.69) is 36.3 Å². The predicted molar refractivity (Wildman–Crippen MR) is 109 cm³/mol. The molecule has 2 aromatic carbocycles. The number of rotatable bonds is 5. The Morgan fingerprint density at radius 2 is 1.70 bits per heavy atom. The van der Waals surface area contributed by atoms with E-state index in [1.165, 1.54) is 29.8 Å². The van der Waals surface area contributed by atoms with Gasteiger partial charge in [-0.25, -0.2) is 4.98 Å². The number of hydrogen-bond donors (Lipinski definition) is 1. The van der Waals surface area contributed by atoms with Gasteiger partial charge in [0.2, 0.25) is 0 Å². The molecule has 0 saturated carbocycles. The Bertz CT molecular complexity index is 997. The van der Waals surface area contributed by atoms with Crippen molar-refractivity contribution in [1.29, 1.82) is 0 Å². The predicted octanol–water partition coefficient (Wildman–Crippen LogP) is 5.30. The van der Waals surface area contributed by atoms with E-state index in [1.807, 2.05) is 6.07 Å². The summed E-state index contributed by atoms with van der Waals surface area (Å²) in [6.45, 7) is 5.65. The summed E-state index contributed by atoms with van der Waals surface area (Å²) in [4.78, 5) is 29.5. The molecule has 0 aliphatic carbocycles. The fourth-order valence-electron chi connectivity index (χ4n) is 2.52. The molecule has 4 nitrogen and oxygen atoms in total. The number of ketones is 1. The minimum atomic E-state index is -0.231. The summed E-state index contributed by atoms with van der Waals surface area (Å²) in [5.74, 6) is -0.239. The number of aromatic nitrogens is 1. The van der Waals surface area contributed by atoms with Crippen LogP contribution in [0.5, 0.6) is 0 Å². The minimum absolute atomic E-state index is 0.00721. The smallest absolute Gasteiger partial charge is 0.258 e. The van der Waals surface area contributed by atoms with E-state index in [0.29, 0.717) is 21.8 Å². The normalized spacial score (nSPS) is 10.5. The van der Waals surface area contributed by atoms with Crippen molar-refractivity contribution in [3.63, 3.8) is 0 Å². The zero-order valence-electron chi connectivity index (χ0n) is 15.4. The summed E-state index contributed by atoms with van der Waals surface area (Å²) in [6, 6.07) is 16.5. The maximum absolute atomic E-state index is 12.7. The SMILES string of the molecule is CC(=O)c1ccc(NC(=O)c2cccnc2Sc2ccc(C)c(C)c2)cc1. The van der Waals surface area contributed by atoms with Crippen LogP contribution in [-0.4, -0.2) is 16.7 Å². The molecule has 1 amide bonds. The van der Waals surface area contributed by atoms with Crippen LogP contribution in [0.1, 0.15) is 38.8 Å². The molecule has 0 aliphatic rings. The zero-order chi connectivity index (χ0) is 19.4. The second-order valence-corrected chi connectivity index (χ2v) is 7.35. The molecule has 0 fully saturated rings. The van der Waals surface area contributed by atoms with Crippen LogP contribution in [0.25, 0.3) is 0 Å². The van der Waals surface area contributed by atoms with Gasteiger partial charge in [0.15, 0.2) is 5.78 Å². The number of aryl methyl sites for hydroxylation is 2. The number of benzene rings is 2. The molecule has 3 rings (SSSR count). The molecule has 27 heavy (non-hydrogen) atoms. The number of anilines is 1. The number of carbonyl (C=O) groups excluding carboxylic acids is 2. The maximum Gasteiger partial charge on any atom is 0.258 e. The van der Waals surface area contributed by atoms with Gasteiger partial charge in [0.05, 0.1) is 5.56 Å². The monoisotopic (exact) mass is 376 g/mol. The van der Waals surface area contributed by atoms with E-state index in [4.69, 9.17) is 0 Å². The van der Waals surface area contributed by atoms with Gasteiger partial charge >= 0.3 is 0 Å². The average molecular weight is 376 g/mol. The number of carbonyl (C=O) groups is 2. The third-order valence-corrected chi connectivity index (χ3v) is 5.27. The van der Waals surface area contributed by atoms with E-state index >= 15 is 0 Å². The quantitative estimate of drug-likeness (QED) is 0.614. The lowest BCUT2D eigenvalue weighted by Crippen LogP contribution is -2.13. The standard InChI is InChI=1S/C22H20N2O2S/c1-14-6-11-19(13-15(14)2)27-22-20(5-4-12-23-22)21(26)24-18-9-7-17(8-10-18)16(3)25/h4-13H,1-3H3,(H,24,26). The van der Waals surface area contributed by atoms with Gasteiger partial charge < -0.3 is 5.32 Å². The van der Waals surface area contributed by atoms with Crippen molar-refractivity contribution >= 4 is 29.1 Å². The number of pyridine rings is 1. The molecular weight excluding hydrogens is 356 g/mol. The molecule has 1 N–H and O–H groups in total. The summed E-state index contributed by atoms with van der Waals surface area (Å²) in [7, 11) is 0. The molecular formula is C22H20N2O2S. The molecule has 5 heteroatoms. The van der Waals surface area contributed by atoms with Crippen molar-refractivity contribution in [3.05, 3.63) is 83.0 Å². The first kappa shape index (κ1) is 18.9. The fraction of sp³-hybridized carbons (Fsp3) is 0.136. The van der Waals surface area contributed by atoms with Crippen LogP contribution in [0.2, 0.25) is 0 Å². The van der Waals surface area contributed by atoms with Crippen molar-refractivity contribution in [2.75, 3.05) is 5.32 Å². The first-order valence-electron chi connectivity index (χ1n) is 8.56. The first-order chi connectivity index (χ1) is 12.9. The number of nitrogens with one attached hydrogen (secondary N) is 1. The molecule has 0 radical (unpaired) electrons. The van der Waals surface area contributed by atoms with E-state index in [0.717, 1.165) is 4.90 Å². The van der Waals surface area contributed by atoms with Gasteiger partial charge in [0.1, 0.15) is 5.03 Å². The molecule has 0 aliphatic heterocycles. The molecule has 0 spiro atoms. The molecule has 3 aromatic rings. The van der Waals surface area contributed by atoms with Gasteiger partial charge in [-0.3, -0.25) is 9.59 Å². The van der Waals surface area contributed by atoms with Gasteiger partial charge in [-0.15, -0.1) is 0 Å². The molecule has 1 aromatic heterocycles. The lowest BCUT2D eigenvalue weighted by Gasteiger charge is -2.10. The van der Waals surface area contributed by atoms with Gasteiger partial charge in [-0.05, 0) is 80.4 Å². The Balaban J connectivity index is 1.81. The first-order valence-corrected chi connectivity index (χ1v) is 9.38. The van der Waals surface area contributed by atoms with Crippen LogP contribution in [0.4, 0.5) is 5.69 Å². The van der Waals surface area contributed by atoms with Crippen LogP contribution in [0.3, 0.4) is 0 Å². The number of Topliss-reactive ketones (excluding diaryl/α,β-unsaturated/α-hetero) is 1. The Morgan fingerprint density at radius 1 is 0.963 bits per heavy atom. The summed E-state index contributed by atoms with van der Waals surface area (Å²) in [6.07, 6.45) is 1.68. The van der Waals surface area contributed by atoms with Crippen molar-refractivity contribution in [3.8, 4) is 0 Å². The highest BCUT2D eigenvalue weighted by molar-refractivity contribution is 7.99. The van der Waals surface area contributed by atoms with Crippen molar-refractivity contribution in [2.45, 2.75) is 30.7 Å². The lowest BCUT2D eigenvalue weighted by atomic mass is 10.1. The van der Waals surface area contributed by atoms with Gasteiger partial charge in [-0.2, -0.15) is 0 Å². The van der Waals surface area contributed by atoms with Crippen molar-refractivity contribution in [2.24, 2.45) is 0 Å². The van der Waals surface area contributed by atoms with Crippen LogP contribution < -0.4 is 5.32 Å². The number of hydrogen-bond acceptors (Lipinski definition) is 4. The van der Waals surface area contributed by atoms with Gasteiger partial charge in [-0.1, -0.05) is 17.8 Å². The molecule has 1 heterocycles. The van der Waals surface area contributed by atoms with E-state index < -0.39 is 0 Å². The van der Waals surface area contributed by atoms with Crippen molar-refractivity contribution in [1.82, 2.24) is 4.98 Å². The third kappa shape index (κ3) is 4.63. The summed E-state index contributed by atoms with van der Waals surface area (Å²) >= 11 is 1.47. The summed E-state index contributed by atoms with van der Waals surface area (Å²) in [5, 5.41) is 3.52. The summed E-state index contributed by atoms with van der Waals surface area (Å²) < 4.78 is 0. The Labute approximate surface area is 163 Å². The minimum Gasteiger partial charge on any atom is -0.322 e. The lowest BCUT2D eigenvalue weighted by molar-refractivity contribution is 0.101. The van der Waals surface area contributed by atoms with E-state index in [1.54, 1.807) is 42.6 Å². The van der Waals surface area contributed by atoms with E-state index in [9.17, 15) is 9.59 Å². The third-order valence-electron chi connectivity index (χ3n) is 4.26. The van der Waals surface area contributed by atoms with Crippen LogP contribution in [0.15, 0.2) is 70.7 Å². The maximum atomic E-state index is 12.7. The molecule has 136 valence electrons. The second-order valence-electron chi connectivity index (χ2n) is 6.29. The van der Waals surface area contributed by atoms with Crippen LogP contribution in [-0.2, 0) is 0 Å². The Hall–Kier alpha value is -2.92. The second kappa shape index (κ2) is 8.18. The molecule has 0 saturated heterocycles. The zero-order valence-corrected chi connectivity index (χ0v) is 16.3. The van der Waals surface area contributed by atoms with Crippen LogP contribution >= 0.6 is 11.8 Å². The highest BCUT2D eigenvalue weighted by Gasteiger charge is 2.14. The van der Waals surface area contributed by atoms with Crippen LogP contribution in [0, 0.1) is 13.8 Å². The molecule has 0 atom stereocenters. The fourth-order valence-corrected chi connectivity index (χ4v) is 3.50. The summed E-state index contributed by atoms with van der Waals surface area (Å²) in [5.41, 5.74) is 4.19.